The molecule has 0 spiro atoms. The Morgan fingerprint density at radius 1 is 1.12 bits per heavy atom. The first-order valence-electron chi connectivity index (χ1n) is 9.82. The van der Waals surface area contributed by atoms with E-state index < -0.39 is 5.97 Å². The second-order valence-electron chi connectivity index (χ2n) is 7.08. The summed E-state index contributed by atoms with van der Waals surface area (Å²) in [6, 6.07) is 10.4. The average Bonchev–Trinajstić information content (AvgIpc) is 3.09. The van der Waals surface area contributed by atoms with Crippen molar-refractivity contribution in [2.24, 2.45) is 11.8 Å². The normalized spacial score (nSPS) is 20.0. The van der Waals surface area contributed by atoms with Gasteiger partial charge in [0, 0.05) is 13.0 Å². The summed E-state index contributed by atoms with van der Waals surface area (Å²) in [5, 5.41) is 8.64. The highest BCUT2D eigenvalue weighted by atomic mass is 32.2. The minimum atomic E-state index is -0.696. The molecule has 1 aromatic rings. The first-order chi connectivity index (χ1) is 12.8. The fourth-order valence-electron chi connectivity index (χ4n) is 3.36. The van der Waals surface area contributed by atoms with Crippen molar-refractivity contribution in [3.8, 4) is 0 Å². The number of carbonyl (C=O) groups is 1. The monoisotopic (exact) mass is 376 g/mol. The Hall–Kier alpha value is -1.26. The van der Waals surface area contributed by atoms with Crippen LogP contribution in [0.4, 0.5) is 0 Å². The van der Waals surface area contributed by atoms with Crippen LogP contribution >= 0.6 is 11.8 Å². The third kappa shape index (κ3) is 8.91. The van der Waals surface area contributed by atoms with Gasteiger partial charge in [-0.3, -0.25) is 4.79 Å². The Morgan fingerprint density at radius 3 is 2.73 bits per heavy atom. The predicted octanol–water partition coefficient (Wildman–Crippen LogP) is 5.55. The lowest BCUT2D eigenvalue weighted by atomic mass is 9.88. The zero-order valence-corrected chi connectivity index (χ0v) is 16.5. The average molecular weight is 377 g/mol. The predicted molar refractivity (Wildman–Crippen MR) is 109 cm³/mol. The minimum Gasteiger partial charge on any atom is -0.481 e. The highest BCUT2D eigenvalue weighted by molar-refractivity contribution is 7.99. The number of rotatable bonds is 13. The smallest absolute Gasteiger partial charge is 0.303 e. The van der Waals surface area contributed by atoms with Gasteiger partial charge in [-0.2, -0.15) is 11.8 Å². The van der Waals surface area contributed by atoms with Crippen LogP contribution in [0, 0.1) is 11.8 Å². The van der Waals surface area contributed by atoms with Crippen molar-refractivity contribution in [2.75, 3.05) is 18.1 Å². The molecule has 1 N–H and O–H groups in total. The molecule has 0 aromatic heterocycles. The number of ether oxygens (including phenoxy) is 1. The fourth-order valence-corrected chi connectivity index (χ4v) is 4.95. The van der Waals surface area contributed by atoms with Crippen LogP contribution in [0.1, 0.15) is 50.5 Å². The van der Waals surface area contributed by atoms with Crippen LogP contribution in [0.5, 0.6) is 0 Å². The molecule has 1 fully saturated rings. The summed E-state index contributed by atoms with van der Waals surface area (Å²) in [5.74, 6) is 3.49. The Kier molecular flexibility index (Phi) is 10.5. The van der Waals surface area contributed by atoms with Crippen LogP contribution in [-0.4, -0.2) is 29.2 Å². The summed E-state index contributed by atoms with van der Waals surface area (Å²) >= 11 is 2.09. The Morgan fingerprint density at radius 2 is 1.92 bits per heavy atom. The van der Waals surface area contributed by atoms with Crippen molar-refractivity contribution in [1.29, 1.82) is 0 Å². The zero-order chi connectivity index (χ0) is 18.5. The minimum absolute atomic E-state index is 0.276. The van der Waals surface area contributed by atoms with E-state index in [9.17, 15) is 4.79 Å². The number of carboxylic acids is 1. The number of thioether (sulfide) groups is 1. The van der Waals surface area contributed by atoms with E-state index >= 15 is 0 Å². The zero-order valence-electron chi connectivity index (χ0n) is 15.6. The molecule has 0 aliphatic carbocycles. The van der Waals surface area contributed by atoms with Gasteiger partial charge in [0.05, 0.1) is 6.61 Å². The molecule has 2 rings (SSSR count). The van der Waals surface area contributed by atoms with Gasteiger partial charge in [0.1, 0.15) is 0 Å². The number of aliphatic carboxylic acids is 1. The second kappa shape index (κ2) is 13.0. The lowest BCUT2D eigenvalue weighted by molar-refractivity contribution is -0.137. The van der Waals surface area contributed by atoms with Crippen LogP contribution < -0.4 is 0 Å². The molecule has 1 aliphatic heterocycles. The Labute approximate surface area is 162 Å². The largest absolute Gasteiger partial charge is 0.481 e. The number of benzene rings is 1. The van der Waals surface area contributed by atoms with Crippen molar-refractivity contribution in [3.63, 3.8) is 0 Å². The molecule has 3 nitrogen and oxygen atoms in total. The van der Waals surface area contributed by atoms with Gasteiger partial charge in [-0.1, -0.05) is 48.9 Å². The van der Waals surface area contributed by atoms with Gasteiger partial charge < -0.3 is 9.84 Å². The van der Waals surface area contributed by atoms with E-state index in [1.165, 1.54) is 29.9 Å². The van der Waals surface area contributed by atoms with Crippen molar-refractivity contribution in [3.05, 3.63) is 48.0 Å². The van der Waals surface area contributed by atoms with Crippen LogP contribution in [0.3, 0.4) is 0 Å². The van der Waals surface area contributed by atoms with Crippen LogP contribution in [0.25, 0.3) is 0 Å². The molecule has 1 aromatic carbocycles. The molecular weight excluding hydrogens is 344 g/mol. The molecule has 2 atom stereocenters. The van der Waals surface area contributed by atoms with Crippen molar-refractivity contribution >= 4 is 17.7 Å². The van der Waals surface area contributed by atoms with Crippen molar-refractivity contribution < 1.29 is 14.6 Å². The number of hydrogen-bond acceptors (Lipinski definition) is 3. The summed E-state index contributed by atoms with van der Waals surface area (Å²) in [5.41, 5.74) is 1.25. The molecule has 4 heteroatoms. The Balaban J connectivity index is 1.51. The highest BCUT2D eigenvalue weighted by Gasteiger charge is 2.26. The SMILES string of the molecule is O=C(O)CCCC=CC[C@H]1CSC[C@H]1CCCCOCc1ccccc1. The number of unbranched alkanes of at least 4 members (excludes halogenated alkanes) is 2. The molecule has 0 bridgehead atoms. The molecule has 1 heterocycles. The summed E-state index contributed by atoms with van der Waals surface area (Å²) in [7, 11) is 0. The summed E-state index contributed by atoms with van der Waals surface area (Å²) in [6.45, 7) is 1.57. The summed E-state index contributed by atoms with van der Waals surface area (Å²) in [4.78, 5) is 10.5. The summed E-state index contributed by atoms with van der Waals surface area (Å²) < 4.78 is 5.77. The first kappa shape index (κ1) is 21.0. The highest BCUT2D eigenvalue weighted by Crippen LogP contribution is 2.35. The van der Waals surface area contributed by atoms with Crippen LogP contribution in [-0.2, 0) is 16.1 Å². The van der Waals surface area contributed by atoms with Gasteiger partial charge in [0.2, 0.25) is 0 Å². The molecule has 144 valence electrons. The van der Waals surface area contributed by atoms with Crippen LogP contribution in [0.2, 0.25) is 0 Å². The van der Waals surface area contributed by atoms with Gasteiger partial charge in [-0.25, -0.2) is 0 Å². The van der Waals surface area contributed by atoms with Gasteiger partial charge in [-0.15, -0.1) is 0 Å². The van der Waals surface area contributed by atoms with E-state index in [0.717, 1.165) is 50.7 Å². The lowest BCUT2D eigenvalue weighted by Gasteiger charge is -2.17. The fraction of sp³-hybridized carbons (Fsp3) is 0.591. The number of hydrogen-bond donors (Lipinski definition) is 1. The summed E-state index contributed by atoms with van der Waals surface area (Å²) in [6.07, 6.45) is 11.2. The van der Waals surface area contributed by atoms with E-state index in [-0.39, 0.29) is 6.42 Å². The third-order valence-corrected chi connectivity index (χ3v) is 6.25. The molecule has 0 radical (unpaired) electrons. The molecule has 1 aliphatic rings. The van der Waals surface area contributed by atoms with Gasteiger partial charge in [0.25, 0.3) is 0 Å². The molecule has 0 unspecified atom stereocenters. The maximum atomic E-state index is 10.5. The molecule has 26 heavy (non-hydrogen) atoms. The van der Waals surface area contributed by atoms with Crippen molar-refractivity contribution in [1.82, 2.24) is 0 Å². The van der Waals surface area contributed by atoms with E-state index in [4.69, 9.17) is 9.84 Å². The van der Waals surface area contributed by atoms with E-state index in [0.29, 0.717) is 0 Å². The van der Waals surface area contributed by atoms with Gasteiger partial charge >= 0.3 is 5.97 Å². The number of allylic oxidation sites excluding steroid dienone is 2. The third-order valence-electron chi connectivity index (χ3n) is 4.92. The topological polar surface area (TPSA) is 46.5 Å². The maximum Gasteiger partial charge on any atom is 0.303 e. The molecule has 1 saturated heterocycles. The second-order valence-corrected chi connectivity index (χ2v) is 8.16. The Bertz CT molecular complexity index is 529. The van der Waals surface area contributed by atoms with E-state index in [2.05, 4.69) is 48.2 Å². The van der Waals surface area contributed by atoms with Crippen molar-refractivity contribution in [2.45, 2.75) is 51.6 Å². The molecule has 0 saturated carbocycles. The lowest BCUT2D eigenvalue weighted by Crippen LogP contribution is -2.12. The standard InChI is InChI=1S/C22H32O3S/c23-22(24)14-7-2-1-6-12-20-17-26-18-21(20)13-8-9-15-25-16-19-10-4-3-5-11-19/h1,3-6,10-11,20-21H,2,7-9,12-18H2,(H,23,24)/t20-,21+/m0/s1. The molecule has 0 amide bonds. The molecular formula is C22H32O3S. The van der Waals surface area contributed by atoms with Gasteiger partial charge in [0.15, 0.2) is 0 Å². The maximum absolute atomic E-state index is 10.5. The van der Waals surface area contributed by atoms with E-state index in [1.54, 1.807) is 0 Å². The van der Waals surface area contributed by atoms with Gasteiger partial charge in [-0.05, 0) is 61.0 Å². The quantitative estimate of drug-likeness (QED) is 0.362. The van der Waals surface area contributed by atoms with Crippen LogP contribution in [0.15, 0.2) is 42.5 Å². The van der Waals surface area contributed by atoms with E-state index in [1.807, 2.05) is 6.07 Å². The number of carboxylic acid groups (broad SMARTS) is 1. The first-order valence-corrected chi connectivity index (χ1v) is 11.0.